The summed E-state index contributed by atoms with van der Waals surface area (Å²) in [6, 6.07) is 8.53. The van der Waals surface area contributed by atoms with Crippen molar-refractivity contribution in [1.82, 2.24) is 4.98 Å². The van der Waals surface area contributed by atoms with Crippen LogP contribution in [0.1, 0.15) is 84.9 Å². The van der Waals surface area contributed by atoms with E-state index in [-0.39, 0.29) is 29.3 Å². The van der Waals surface area contributed by atoms with Crippen molar-refractivity contribution in [2.45, 2.75) is 109 Å². The monoisotopic (exact) mass is 535 g/mol. The first-order valence-electron chi connectivity index (χ1n) is 14.8. The van der Waals surface area contributed by atoms with E-state index in [0.717, 1.165) is 31.2 Å². The highest BCUT2D eigenvalue weighted by atomic mass is 16.6. The van der Waals surface area contributed by atoms with Crippen molar-refractivity contribution in [2.75, 3.05) is 6.61 Å². The van der Waals surface area contributed by atoms with Gasteiger partial charge in [-0.15, -0.1) is 0 Å². The van der Waals surface area contributed by atoms with Gasteiger partial charge >= 0.3 is 5.97 Å². The maximum absolute atomic E-state index is 13.4. The van der Waals surface area contributed by atoms with Gasteiger partial charge < -0.3 is 24.7 Å². The molecule has 0 amide bonds. The summed E-state index contributed by atoms with van der Waals surface area (Å²) in [7, 11) is 0. The fourth-order valence-electron chi connectivity index (χ4n) is 9.47. The molecule has 0 unspecified atom stereocenters. The van der Waals surface area contributed by atoms with Gasteiger partial charge in [0.25, 0.3) is 0 Å². The van der Waals surface area contributed by atoms with Crippen LogP contribution in [0, 0.1) is 22.7 Å². The lowest BCUT2D eigenvalue weighted by molar-refractivity contribution is -0.286. The summed E-state index contributed by atoms with van der Waals surface area (Å²) >= 11 is 0. The summed E-state index contributed by atoms with van der Waals surface area (Å²) < 4.78 is 12.9. The van der Waals surface area contributed by atoms with Crippen molar-refractivity contribution < 1.29 is 24.5 Å². The molecule has 3 aliphatic carbocycles. The van der Waals surface area contributed by atoms with E-state index in [0.29, 0.717) is 18.9 Å². The van der Waals surface area contributed by atoms with Crippen molar-refractivity contribution in [3.8, 4) is 0 Å². The van der Waals surface area contributed by atoms with Crippen molar-refractivity contribution in [3.63, 3.8) is 0 Å². The Morgan fingerprint density at radius 3 is 2.67 bits per heavy atom. The number of aliphatic hydroxyl groups excluding tert-OH is 1. The number of para-hydroxylation sites is 1. The van der Waals surface area contributed by atoms with E-state index in [2.05, 4.69) is 43.1 Å². The molecule has 1 aromatic heterocycles. The molecule has 1 saturated heterocycles. The van der Waals surface area contributed by atoms with Gasteiger partial charge in [0.15, 0.2) is 0 Å². The summed E-state index contributed by atoms with van der Waals surface area (Å²) in [5.74, 6) is -0.635. The fraction of sp³-hybridized carbons (Fsp3) is 0.667. The number of H-pyrrole nitrogens is 1. The zero-order valence-corrected chi connectivity index (χ0v) is 24.3. The van der Waals surface area contributed by atoms with Crippen LogP contribution in [0.25, 0.3) is 10.9 Å². The molecule has 39 heavy (non-hydrogen) atoms. The molecule has 2 saturated carbocycles. The number of rotatable bonds is 5. The minimum absolute atomic E-state index is 0.189. The quantitative estimate of drug-likeness (QED) is 0.399. The third-order valence-corrected chi connectivity index (χ3v) is 11.8. The van der Waals surface area contributed by atoms with E-state index in [4.69, 9.17) is 9.47 Å². The Bertz CT molecular complexity index is 1320. The molecule has 2 heterocycles. The molecule has 0 bridgehead atoms. The molecule has 212 valence electrons. The fourth-order valence-corrected chi connectivity index (χ4v) is 9.47. The van der Waals surface area contributed by atoms with Gasteiger partial charge in [0.1, 0.15) is 5.41 Å². The number of carboxylic acids is 1. The number of nitrogens with one attached hydrogen (secondary N) is 1. The van der Waals surface area contributed by atoms with Crippen LogP contribution in [0.4, 0.5) is 0 Å². The number of aliphatic hydroxyl groups is 1. The van der Waals surface area contributed by atoms with Gasteiger partial charge in [0.05, 0.1) is 30.5 Å². The standard InChI is InChI=1S/C33H45NO5/c1-19(2)14-16-38-30(3,4)27-18-25(35)33(29(36)37)24-12-11-20-17-22-21-9-7-8-10-23(21)34-28(22)32(20,6)31(24,5)15-13-26(33)39-27/h7-10,14,20,24-27,34-35H,11-13,15-18H2,1-6H3,(H,36,37)/t20-,24+,25+,26-,27-,31-,32+,33-/m0/s1. The highest BCUT2D eigenvalue weighted by Gasteiger charge is 2.73. The average molecular weight is 536 g/mol. The maximum atomic E-state index is 13.4. The third-order valence-electron chi connectivity index (χ3n) is 11.8. The van der Waals surface area contributed by atoms with Crippen LogP contribution >= 0.6 is 0 Å². The smallest absolute Gasteiger partial charge is 0.315 e. The third kappa shape index (κ3) is 3.53. The van der Waals surface area contributed by atoms with E-state index in [1.54, 1.807) is 0 Å². The number of aromatic amines is 1. The molecule has 3 fully saturated rings. The van der Waals surface area contributed by atoms with Gasteiger partial charge in [-0.3, -0.25) is 4.79 Å². The minimum atomic E-state index is -1.33. The Labute approximate surface area is 232 Å². The zero-order valence-electron chi connectivity index (χ0n) is 24.3. The highest BCUT2D eigenvalue weighted by molar-refractivity contribution is 5.86. The lowest BCUT2D eigenvalue weighted by Crippen LogP contribution is -2.72. The van der Waals surface area contributed by atoms with Crippen molar-refractivity contribution in [2.24, 2.45) is 22.7 Å². The Kier molecular flexibility index (Phi) is 6.19. The van der Waals surface area contributed by atoms with Crippen molar-refractivity contribution >= 4 is 16.9 Å². The highest BCUT2D eigenvalue weighted by Crippen LogP contribution is 2.71. The topological polar surface area (TPSA) is 91.8 Å². The number of hydrogen-bond donors (Lipinski definition) is 3. The van der Waals surface area contributed by atoms with E-state index >= 15 is 0 Å². The number of carboxylic acid groups (broad SMARTS) is 1. The predicted molar refractivity (Wildman–Crippen MR) is 152 cm³/mol. The number of carbonyl (C=O) groups is 1. The summed E-state index contributed by atoms with van der Waals surface area (Å²) in [5.41, 5.74) is 2.58. The predicted octanol–water partition coefficient (Wildman–Crippen LogP) is 6.16. The van der Waals surface area contributed by atoms with Gasteiger partial charge in [-0.2, -0.15) is 0 Å². The molecule has 1 aromatic carbocycles. The number of hydrogen-bond acceptors (Lipinski definition) is 4. The van der Waals surface area contributed by atoms with Gasteiger partial charge in [-0.1, -0.05) is 43.7 Å². The summed E-state index contributed by atoms with van der Waals surface area (Å²) in [4.78, 5) is 17.2. The molecule has 1 aliphatic heterocycles. The molecule has 3 N–H and O–H groups in total. The number of aliphatic carboxylic acids is 1. The summed E-state index contributed by atoms with van der Waals surface area (Å²) in [5, 5.41) is 24.2. The Morgan fingerprint density at radius 1 is 1.21 bits per heavy atom. The molecular formula is C33H45NO5. The van der Waals surface area contributed by atoms with Crippen LogP contribution in [-0.2, 0) is 26.1 Å². The molecule has 4 aliphatic rings. The maximum Gasteiger partial charge on any atom is 0.315 e. The van der Waals surface area contributed by atoms with Crippen LogP contribution in [0.5, 0.6) is 0 Å². The van der Waals surface area contributed by atoms with E-state index in [1.807, 2.05) is 33.8 Å². The number of aromatic nitrogens is 1. The van der Waals surface area contributed by atoms with Gasteiger partial charge in [0, 0.05) is 28.4 Å². The second kappa shape index (κ2) is 8.92. The first-order valence-corrected chi connectivity index (χ1v) is 14.8. The van der Waals surface area contributed by atoms with Gasteiger partial charge in [0.2, 0.25) is 0 Å². The van der Waals surface area contributed by atoms with E-state index in [1.165, 1.54) is 22.2 Å². The number of fused-ring (bicyclic) bond motifs is 9. The van der Waals surface area contributed by atoms with Crippen LogP contribution in [0.3, 0.4) is 0 Å². The van der Waals surface area contributed by atoms with Crippen molar-refractivity contribution in [3.05, 3.63) is 47.2 Å². The molecular weight excluding hydrogens is 490 g/mol. The molecule has 2 aromatic rings. The SMILES string of the molecule is CC(C)=CCOC(C)(C)[C@@H]1C[C@@H](O)[C@]2(C(=O)O)[C@H](CC[C@@]3(C)[C@H]2CC[C@H]2Cc4c([nH]c5ccccc45)[C@@]23C)O1. The molecule has 8 atom stereocenters. The van der Waals surface area contributed by atoms with Crippen LogP contribution in [0.2, 0.25) is 0 Å². The van der Waals surface area contributed by atoms with Gasteiger partial charge in [-0.05, 0) is 88.7 Å². The molecule has 0 spiro atoms. The van der Waals surface area contributed by atoms with Crippen LogP contribution in [0.15, 0.2) is 35.9 Å². The second-order valence-electron chi connectivity index (χ2n) is 14.0. The summed E-state index contributed by atoms with van der Waals surface area (Å²) in [6.45, 7) is 13.2. The van der Waals surface area contributed by atoms with Crippen LogP contribution < -0.4 is 0 Å². The minimum Gasteiger partial charge on any atom is -0.481 e. The van der Waals surface area contributed by atoms with Crippen molar-refractivity contribution in [1.29, 1.82) is 0 Å². The molecule has 6 nitrogen and oxygen atoms in total. The summed E-state index contributed by atoms with van der Waals surface area (Å²) in [6.07, 6.45) is 4.65. The molecule has 6 rings (SSSR count). The normalized spacial score (nSPS) is 39.4. The van der Waals surface area contributed by atoms with E-state index < -0.39 is 29.2 Å². The number of ether oxygens (including phenoxy) is 2. The lowest BCUT2D eigenvalue weighted by Gasteiger charge is -2.67. The Morgan fingerprint density at radius 2 is 1.95 bits per heavy atom. The Hall–Kier alpha value is -2.15. The van der Waals surface area contributed by atoms with Gasteiger partial charge in [-0.25, -0.2) is 0 Å². The van der Waals surface area contributed by atoms with E-state index in [9.17, 15) is 15.0 Å². The largest absolute Gasteiger partial charge is 0.481 e. The molecule has 6 heteroatoms. The number of benzene rings is 1. The van der Waals surface area contributed by atoms with Crippen LogP contribution in [-0.4, -0.2) is 51.7 Å². The zero-order chi connectivity index (χ0) is 28.0. The number of allylic oxidation sites excluding steroid dienone is 1. The first kappa shape index (κ1) is 27.0. The molecule has 0 radical (unpaired) electrons. The second-order valence-corrected chi connectivity index (χ2v) is 14.0. The first-order chi connectivity index (χ1) is 18.4. The Balaban J connectivity index is 1.38. The average Bonchev–Trinajstić information content (AvgIpc) is 3.38. The lowest BCUT2D eigenvalue weighted by atomic mass is 9.39.